The lowest BCUT2D eigenvalue weighted by Crippen LogP contribution is -2.58. The van der Waals surface area contributed by atoms with Gasteiger partial charge in [0.1, 0.15) is 0 Å². The van der Waals surface area contributed by atoms with Gasteiger partial charge in [0.2, 0.25) is 0 Å². The standard InChI is InChI=1S/C25H25NO4S/c27-22(26-18-5-1-3-7-20(18)31-21-8-4-2-6-19(21)26)14-30-23(28)24-10-16-9-17(11-24)13-25(29,12-16)15-24/h1-8,16-17,29H,9-15H2. The third kappa shape index (κ3) is 3.11. The van der Waals surface area contributed by atoms with Gasteiger partial charge in [0.25, 0.3) is 5.91 Å². The van der Waals surface area contributed by atoms with E-state index in [4.69, 9.17) is 4.74 Å². The highest BCUT2D eigenvalue weighted by atomic mass is 32.2. The lowest BCUT2D eigenvalue weighted by Gasteiger charge is -2.58. The van der Waals surface area contributed by atoms with Crippen molar-refractivity contribution in [2.45, 2.75) is 53.9 Å². The number of fused-ring (bicyclic) bond motifs is 2. The number of amides is 1. The van der Waals surface area contributed by atoms with Gasteiger partial charge in [-0.2, -0.15) is 0 Å². The minimum atomic E-state index is -0.727. The number of para-hydroxylation sites is 2. The monoisotopic (exact) mass is 435 g/mol. The minimum Gasteiger partial charge on any atom is -0.455 e. The van der Waals surface area contributed by atoms with E-state index in [0.717, 1.165) is 53.3 Å². The summed E-state index contributed by atoms with van der Waals surface area (Å²) >= 11 is 1.64. The largest absolute Gasteiger partial charge is 0.455 e. The number of aliphatic hydroxyl groups is 1. The van der Waals surface area contributed by atoms with Crippen molar-refractivity contribution in [3.05, 3.63) is 48.5 Å². The Labute approximate surface area is 185 Å². The van der Waals surface area contributed by atoms with E-state index >= 15 is 0 Å². The Morgan fingerprint density at radius 2 is 1.55 bits per heavy atom. The number of anilines is 2. The molecule has 7 rings (SSSR count). The van der Waals surface area contributed by atoms with Crippen molar-refractivity contribution in [1.82, 2.24) is 0 Å². The average Bonchev–Trinajstić information content (AvgIpc) is 2.73. The molecule has 1 aliphatic heterocycles. The molecule has 0 radical (unpaired) electrons. The summed E-state index contributed by atoms with van der Waals surface area (Å²) in [6.45, 7) is -0.290. The van der Waals surface area contributed by atoms with Gasteiger partial charge < -0.3 is 9.84 Å². The van der Waals surface area contributed by atoms with E-state index in [2.05, 4.69) is 0 Å². The summed E-state index contributed by atoms with van der Waals surface area (Å²) in [7, 11) is 0. The summed E-state index contributed by atoms with van der Waals surface area (Å²) in [5.41, 5.74) is 0.287. The number of hydrogen-bond acceptors (Lipinski definition) is 5. The molecular formula is C25H25NO4S. The zero-order valence-corrected chi connectivity index (χ0v) is 18.1. The Morgan fingerprint density at radius 1 is 0.968 bits per heavy atom. The first-order valence-electron chi connectivity index (χ1n) is 11.0. The van der Waals surface area contributed by atoms with Crippen LogP contribution in [0.4, 0.5) is 11.4 Å². The van der Waals surface area contributed by atoms with Crippen LogP contribution in [-0.2, 0) is 14.3 Å². The number of carbonyl (C=O) groups excluding carboxylic acids is 2. The van der Waals surface area contributed by atoms with Gasteiger partial charge in [-0.1, -0.05) is 36.0 Å². The van der Waals surface area contributed by atoms with E-state index in [-0.39, 0.29) is 18.5 Å². The maximum absolute atomic E-state index is 13.3. The SMILES string of the molecule is O=C(COC(=O)C12CC3CC(CC(O)(C3)C1)C2)N1c2ccccc2Sc2ccccc21. The Hall–Kier alpha value is -2.31. The Balaban J connectivity index is 1.23. The molecule has 1 amide bonds. The van der Waals surface area contributed by atoms with Gasteiger partial charge in [-0.3, -0.25) is 14.5 Å². The van der Waals surface area contributed by atoms with Gasteiger partial charge in [-0.15, -0.1) is 0 Å². The molecule has 4 aliphatic carbocycles. The number of hydrogen-bond donors (Lipinski definition) is 1. The Bertz CT molecular complexity index is 1020. The first-order chi connectivity index (χ1) is 14.9. The molecular weight excluding hydrogens is 410 g/mol. The van der Waals surface area contributed by atoms with E-state index in [1.807, 2.05) is 48.5 Å². The second kappa shape index (κ2) is 6.84. The van der Waals surface area contributed by atoms with Crippen molar-refractivity contribution in [1.29, 1.82) is 0 Å². The molecule has 6 heteroatoms. The van der Waals surface area contributed by atoms with Crippen LogP contribution in [0.25, 0.3) is 0 Å². The maximum atomic E-state index is 13.3. The molecule has 4 bridgehead atoms. The predicted molar refractivity (Wildman–Crippen MR) is 117 cm³/mol. The molecule has 5 aliphatic rings. The molecule has 160 valence electrons. The summed E-state index contributed by atoms with van der Waals surface area (Å²) in [5, 5.41) is 10.9. The van der Waals surface area contributed by atoms with Gasteiger partial charge in [0, 0.05) is 9.79 Å². The van der Waals surface area contributed by atoms with E-state index in [1.165, 1.54) is 0 Å². The first kappa shape index (κ1) is 19.4. The van der Waals surface area contributed by atoms with Gasteiger partial charge in [-0.05, 0) is 74.6 Å². The lowest BCUT2D eigenvalue weighted by atomic mass is 9.48. The van der Waals surface area contributed by atoms with Crippen LogP contribution in [0, 0.1) is 17.3 Å². The fourth-order valence-electron chi connectivity index (χ4n) is 6.77. The normalized spacial score (nSPS) is 32.4. The number of esters is 1. The zero-order chi connectivity index (χ0) is 21.2. The van der Waals surface area contributed by atoms with Crippen LogP contribution in [0.15, 0.2) is 58.3 Å². The molecule has 1 heterocycles. The highest BCUT2D eigenvalue weighted by Crippen LogP contribution is 2.62. The molecule has 4 fully saturated rings. The number of ether oxygens (including phenoxy) is 1. The predicted octanol–water partition coefficient (Wildman–Crippen LogP) is 4.69. The van der Waals surface area contributed by atoms with Gasteiger partial charge in [-0.25, -0.2) is 0 Å². The number of carbonyl (C=O) groups is 2. The van der Waals surface area contributed by atoms with Crippen molar-refractivity contribution in [2.24, 2.45) is 17.3 Å². The van der Waals surface area contributed by atoms with E-state index < -0.39 is 11.0 Å². The summed E-state index contributed by atoms with van der Waals surface area (Å²) in [6, 6.07) is 15.6. The average molecular weight is 436 g/mol. The molecule has 2 aromatic carbocycles. The molecule has 5 nitrogen and oxygen atoms in total. The quantitative estimate of drug-likeness (QED) is 0.709. The van der Waals surface area contributed by atoms with Gasteiger partial charge >= 0.3 is 5.97 Å². The van der Waals surface area contributed by atoms with E-state index in [0.29, 0.717) is 18.3 Å². The van der Waals surface area contributed by atoms with Crippen molar-refractivity contribution in [2.75, 3.05) is 11.5 Å². The number of benzene rings is 2. The molecule has 1 N–H and O–H groups in total. The van der Waals surface area contributed by atoms with Gasteiger partial charge in [0.05, 0.1) is 22.4 Å². The highest BCUT2D eigenvalue weighted by molar-refractivity contribution is 7.99. The van der Waals surface area contributed by atoms with Crippen LogP contribution in [0.1, 0.15) is 38.5 Å². The van der Waals surface area contributed by atoms with Crippen LogP contribution in [-0.4, -0.2) is 29.2 Å². The molecule has 2 unspecified atom stereocenters. The van der Waals surface area contributed by atoms with Crippen LogP contribution >= 0.6 is 11.8 Å². The topological polar surface area (TPSA) is 66.8 Å². The summed E-state index contributed by atoms with van der Waals surface area (Å²) < 4.78 is 5.67. The molecule has 2 aromatic rings. The lowest BCUT2D eigenvalue weighted by molar-refractivity contribution is -0.196. The molecule has 0 saturated heterocycles. The van der Waals surface area contributed by atoms with E-state index in [1.54, 1.807) is 16.7 Å². The van der Waals surface area contributed by atoms with Crippen LogP contribution in [0.3, 0.4) is 0 Å². The Kier molecular flexibility index (Phi) is 4.28. The molecule has 2 atom stereocenters. The molecule has 0 spiro atoms. The number of rotatable bonds is 3. The van der Waals surface area contributed by atoms with Crippen LogP contribution < -0.4 is 4.90 Å². The van der Waals surface area contributed by atoms with Crippen molar-refractivity contribution < 1.29 is 19.4 Å². The Morgan fingerprint density at radius 3 is 2.13 bits per heavy atom. The zero-order valence-electron chi connectivity index (χ0n) is 17.3. The fourth-order valence-corrected chi connectivity index (χ4v) is 7.83. The third-order valence-corrected chi connectivity index (χ3v) is 8.60. The van der Waals surface area contributed by atoms with Crippen molar-refractivity contribution in [3.63, 3.8) is 0 Å². The summed E-state index contributed by atoms with van der Waals surface area (Å²) in [6.07, 6.45) is 4.75. The summed E-state index contributed by atoms with van der Waals surface area (Å²) in [4.78, 5) is 30.2. The van der Waals surface area contributed by atoms with Crippen LogP contribution in [0.5, 0.6) is 0 Å². The third-order valence-electron chi connectivity index (χ3n) is 7.47. The fraction of sp³-hybridized carbons (Fsp3) is 0.440. The smallest absolute Gasteiger partial charge is 0.312 e. The first-order valence-corrected chi connectivity index (χ1v) is 11.8. The maximum Gasteiger partial charge on any atom is 0.312 e. The van der Waals surface area contributed by atoms with Crippen molar-refractivity contribution in [3.8, 4) is 0 Å². The minimum absolute atomic E-state index is 0.253. The van der Waals surface area contributed by atoms with Gasteiger partial charge in [0.15, 0.2) is 6.61 Å². The summed E-state index contributed by atoms with van der Waals surface area (Å²) in [5.74, 6) is 0.234. The highest BCUT2D eigenvalue weighted by Gasteiger charge is 2.61. The molecule has 0 aromatic heterocycles. The van der Waals surface area contributed by atoms with Crippen molar-refractivity contribution >= 4 is 35.0 Å². The van der Waals surface area contributed by atoms with Crippen LogP contribution in [0.2, 0.25) is 0 Å². The second-order valence-corrected chi connectivity index (χ2v) is 10.9. The number of nitrogens with zero attached hydrogens (tertiary/aromatic N) is 1. The molecule has 4 saturated carbocycles. The second-order valence-electron chi connectivity index (χ2n) is 9.81. The molecule has 31 heavy (non-hydrogen) atoms. The van der Waals surface area contributed by atoms with E-state index in [9.17, 15) is 14.7 Å².